The number of allylic oxidation sites excluding steroid dienone is 2. The Morgan fingerprint density at radius 2 is 2.56 bits per heavy atom. The molecule has 1 heterocycles. The molecule has 0 aliphatic carbocycles. The summed E-state index contributed by atoms with van der Waals surface area (Å²) in [7, 11) is 0. The molecule has 0 fully saturated rings. The van der Waals surface area contributed by atoms with E-state index in [1.54, 1.807) is 12.9 Å². The molecule has 0 aromatic heterocycles. The SMILES string of the molecule is O=C(O)C1B=CC=CC1. The number of rotatable bonds is 1. The quantitative estimate of drug-likeness (QED) is 0.508. The predicted octanol–water partition coefficient (Wildman–Crippen LogP) is 0.326. The second-order valence-electron chi connectivity index (χ2n) is 1.99. The molecule has 46 valence electrons. The summed E-state index contributed by atoms with van der Waals surface area (Å²) in [4.78, 5) is 10.3. The first-order valence-corrected chi connectivity index (χ1v) is 2.87. The Bertz CT molecular complexity index is 172. The Hall–Kier alpha value is -0.855. The molecule has 0 aromatic rings. The third kappa shape index (κ3) is 1.52. The maximum atomic E-state index is 10.3. The van der Waals surface area contributed by atoms with Crippen molar-refractivity contribution in [3.63, 3.8) is 0 Å². The minimum atomic E-state index is -0.740. The minimum absolute atomic E-state index is 0.296. The molecule has 1 unspecified atom stereocenters. The van der Waals surface area contributed by atoms with Crippen LogP contribution in [-0.4, -0.2) is 24.0 Å². The molecule has 0 amide bonds. The van der Waals surface area contributed by atoms with E-state index in [0.717, 1.165) is 0 Å². The van der Waals surface area contributed by atoms with Crippen LogP contribution in [0.25, 0.3) is 0 Å². The number of carboxylic acid groups (broad SMARTS) is 1. The molecule has 2 nitrogen and oxygen atoms in total. The average Bonchev–Trinajstić information content (AvgIpc) is 1.90. The zero-order valence-electron chi connectivity index (χ0n) is 4.95. The molecule has 0 radical (unpaired) electrons. The van der Waals surface area contributed by atoms with E-state index in [2.05, 4.69) is 0 Å². The van der Waals surface area contributed by atoms with Gasteiger partial charge in [-0.3, -0.25) is 0 Å². The van der Waals surface area contributed by atoms with Crippen LogP contribution in [0, 0.1) is 0 Å². The summed E-state index contributed by atoms with van der Waals surface area (Å²) in [5.41, 5.74) is 0. The van der Waals surface area contributed by atoms with E-state index in [1.165, 1.54) is 0 Å². The molecule has 1 N–H and O–H groups in total. The van der Waals surface area contributed by atoms with Crippen LogP contribution in [0.3, 0.4) is 0 Å². The van der Waals surface area contributed by atoms with Crippen molar-refractivity contribution in [1.82, 2.24) is 0 Å². The van der Waals surface area contributed by atoms with Gasteiger partial charge in [0.05, 0.1) is 0 Å². The maximum absolute atomic E-state index is 10.3. The first kappa shape index (κ1) is 6.27. The molecule has 0 bridgehead atoms. The van der Waals surface area contributed by atoms with Gasteiger partial charge >= 0.3 is 53.1 Å². The summed E-state index contributed by atoms with van der Waals surface area (Å²) in [6.07, 6.45) is 4.35. The van der Waals surface area contributed by atoms with Gasteiger partial charge in [0.2, 0.25) is 0 Å². The van der Waals surface area contributed by atoms with Crippen LogP contribution in [-0.2, 0) is 4.79 Å². The van der Waals surface area contributed by atoms with Crippen molar-refractivity contribution >= 4 is 18.9 Å². The van der Waals surface area contributed by atoms with Crippen molar-refractivity contribution in [3.05, 3.63) is 12.2 Å². The molecule has 9 heavy (non-hydrogen) atoms. The first-order chi connectivity index (χ1) is 4.30. The standard InChI is InChI=1S/C6H7BO2/c8-6(9)5-3-1-2-4-7-5/h1-2,4-5H,3H2,(H,8,9). The van der Waals surface area contributed by atoms with Crippen molar-refractivity contribution in [2.75, 3.05) is 0 Å². The monoisotopic (exact) mass is 122 g/mol. The van der Waals surface area contributed by atoms with Crippen LogP contribution in [0.2, 0.25) is 5.82 Å². The second kappa shape index (κ2) is 2.62. The van der Waals surface area contributed by atoms with Gasteiger partial charge in [-0.15, -0.1) is 0 Å². The topological polar surface area (TPSA) is 37.3 Å². The van der Waals surface area contributed by atoms with Gasteiger partial charge in [0.1, 0.15) is 0 Å². The van der Waals surface area contributed by atoms with Gasteiger partial charge < -0.3 is 0 Å². The molecule has 0 spiro atoms. The Labute approximate surface area is 54.1 Å². The Kier molecular flexibility index (Phi) is 1.83. The molecule has 1 aliphatic heterocycles. The fraction of sp³-hybridized carbons (Fsp3) is 0.333. The summed E-state index contributed by atoms with van der Waals surface area (Å²) < 4.78 is 0. The van der Waals surface area contributed by atoms with Crippen LogP contribution in [0.5, 0.6) is 0 Å². The van der Waals surface area contributed by atoms with Gasteiger partial charge in [-0.2, -0.15) is 0 Å². The molecule has 0 saturated heterocycles. The second-order valence-corrected chi connectivity index (χ2v) is 1.99. The van der Waals surface area contributed by atoms with Crippen molar-refractivity contribution in [2.45, 2.75) is 12.2 Å². The number of carboxylic acids is 1. The van der Waals surface area contributed by atoms with Gasteiger partial charge in [0.15, 0.2) is 0 Å². The van der Waals surface area contributed by atoms with Crippen LogP contribution in [0.1, 0.15) is 6.42 Å². The number of carbonyl (C=O) groups is 1. The van der Waals surface area contributed by atoms with E-state index >= 15 is 0 Å². The zero-order valence-corrected chi connectivity index (χ0v) is 4.95. The molecule has 1 atom stereocenters. The zero-order chi connectivity index (χ0) is 6.69. The molecule has 0 aromatic carbocycles. The number of hydrogen-bond acceptors (Lipinski definition) is 1. The Balaban J connectivity index is 2.56. The fourth-order valence-corrected chi connectivity index (χ4v) is 0.764. The molecule has 0 saturated carbocycles. The third-order valence-electron chi connectivity index (χ3n) is 1.30. The summed E-state index contributed by atoms with van der Waals surface area (Å²) in [5.74, 6) is 0.730. The summed E-state index contributed by atoms with van der Waals surface area (Å²) >= 11 is 0. The van der Waals surface area contributed by atoms with E-state index in [9.17, 15) is 4.79 Å². The summed E-state index contributed by atoms with van der Waals surface area (Å²) in [5, 5.41) is 8.45. The van der Waals surface area contributed by atoms with E-state index in [4.69, 9.17) is 5.11 Å². The van der Waals surface area contributed by atoms with Crippen molar-refractivity contribution in [1.29, 1.82) is 0 Å². The molecule has 1 aliphatic rings. The Morgan fingerprint density at radius 1 is 1.78 bits per heavy atom. The van der Waals surface area contributed by atoms with Gasteiger partial charge in [-0.05, 0) is 0 Å². The predicted molar refractivity (Wildman–Crippen MR) is 37.0 cm³/mol. The van der Waals surface area contributed by atoms with E-state index < -0.39 is 5.97 Å². The van der Waals surface area contributed by atoms with Gasteiger partial charge in [0.25, 0.3) is 0 Å². The van der Waals surface area contributed by atoms with Gasteiger partial charge in [-0.25, -0.2) is 0 Å². The van der Waals surface area contributed by atoms with Crippen LogP contribution in [0.15, 0.2) is 12.2 Å². The Morgan fingerprint density at radius 3 is 2.89 bits per heavy atom. The van der Waals surface area contributed by atoms with Gasteiger partial charge in [-0.1, -0.05) is 0 Å². The fourth-order valence-electron chi connectivity index (χ4n) is 0.764. The summed E-state index contributed by atoms with van der Waals surface area (Å²) in [6.45, 7) is 1.70. The molecule has 1 rings (SSSR count). The van der Waals surface area contributed by atoms with Gasteiger partial charge in [0, 0.05) is 0 Å². The van der Waals surface area contributed by atoms with Crippen LogP contribution < -0.4 is 0 Å². The van der Waals surface area contributed by atoms with Crippen LogP contribution >= 0.6 is 0 Å². The van der Waals surface area contributed by atoms with E-state index in [0.29, 0.717) is 6.42 Å². The molecular formula is C6H7BO2. The number of aliphatic carboxylic acids is 1. The van der Waals surface area contributed by atoms with Crippen molar-refractivity contribution in [3.8, 4) is 0 Å². The van der Waals surface area contributed by atoms with Crippen molar-refractivity contribution in [2.24, 2.45) is 0 Å². The first-order valence-electron chi connectivity index (χ1n) is 2.87. The number of hydrogen-bond donors (Lipinski definition) is 1. The average molecular weight is 122 g/mol. The van der Waals surface area contributed by atoms with E-state index in [-0.39, 0.29) is 5.82 Å². The molecule has 3 heteroatoms. The van der Waals surface area contributed by atoms with E-state index in [1.807, 2.05) is 12.2 Å². The molecular weight excluding hydrogens is 115 g/mol. The normalized spacial score (nSPS) is 23.3. The van der Waals surface area contributed by atoms with Crippen LogP contribution in [0.4, 0.5) is 0 Å². The van der Waals surface area contributed by atoms with Crippen molar-refractivity contribution < 1.29 is 9.90 Å². The summed E-state index contributed by atoms with van der Waals surface area (Å²) in [6, 6.07) is 0. The third-order valence-corrected chi connectivity index (χ3v) is 1.30.